The van der Waals surface area contributed by atoms with E-state index in [1.165, 1.54) is 11.8 Å². The van der Waals surface area contributed by atoms with E-state index >= 15 is 0 Å². The standard InChI is InChI=1S/C20H21N3O2S/c1-13-5-6-14(2)17(11-13)18(24)12-26-20-22-21-19(23(20)3)15-7-9-16(25-4)10-8-15/h5-11H,12H2,1-4H3. The smallest absolute Gasteiger partial charge is 0.191 e. The Bertz CT molecular complexity index is 933. The van der Waals surface area contributed by atoms with Gasteiger partial charge >= 0.3 is 0 Å². The summed E-state index contributed by atoms with van der Waals surface area (Å²) in [6.07, 6.45) is 0. The minimum Gasteiger partial charge on any atom is -0.497 e. The van der Waals surface area contributed by atoms with Gasteiger partial charge in [-0.3, -0.25) is 4.79 Å². The Hall–Kier alpha value is -2.60. The van der Waals surface area contributed by atoms with Crippen molar-refractivity contribution in [3.8, 4) is 17.1 Å². The number of aromatic nitrogens is 3. The predicted molar refractivity (Wildman–Crippen MR) is 104 cm³/mol. The normalized spacial score (nSPS) is 10.8. The molecule has 0 bridgehead atoms. The van der Waals surface area contributed by atoms with Crippen molar-refractivity contribution in [2.45, 2.75) is 19.0 Å². The zero-order chi connectivity index (χ0) is 18.7. The lowest BCUT2D eigenvalue weighted by molar-refractivity contribution is 0.102. The maximum absolute atomic E-state index is 12.6. The second-order valence-corrected chi connectivity index (χ2v) is 7.07. The van der Waals surface area contributed by atoms with E-state index in [4.69, 9.17) is 4.74 Å². The lowest BCUT2D eigenvalue weighted by atomic mass is 10.0. The van der Waals surface area contributed by atoms with Crippen LogP contribution in [-0.4, -0.2) is 33.4 Å². The van der Waals surface area contributed by atoms with Crippen LogP contribution in [0, 0.1) is 13.8 Å². The highest BCUT2D eigenvalue weighted by atomic mass is 32.2. The molecular weight excluding hydrogens is 346 g/mol. The van der Waals surface area contributed by atoms with Gasteiger partial charge in [0.15, 0.2) is 16.8 Å². The Morgan fingerprint density at radius 1 is 1.12 bits per heavy atom. The van der Waals surface area contributed by atoms with Crippen LogP contribution in [0.15, 0.2) is 47.6 Å². The summed E-state index contributed by atoms with van der Waals surface area (Å²) in [6.45, 7) is 3.95. The Morgan fingerprint density at radius 2 is 1.85 bits per heavy atom. The van der Waals surface area contributed by atoms with Crippen molar-refractivity contribution in [2.24, 2.45) is 7.05 Å². The summed E-state index contributed by atoms with van der Waals surface area (Å²) in [5, 5.41) is 9.21. The van der Waals surface area contributed by atoms with Crippen LogP contribution in [0.5, 0.6) is 5.75 Å². The summed E-state index contributed by atoms with van der Waals surface area (Å²) >= 11 is 1.40. The van der Waals surface area contributed by atoms with Crippen LogP contribution < -0.4 is 4.74 Å². The Morgan fingerprint density at radius 3 is 2.54 bits per heavy atom. The zero-order valence-electron chi connectivity index (χ0n) is 15.3. The van der Waals surface area contributed by atoms with Gasteiger partial charge < -0.3 is 9.30 Å². The Labute approximate surface area is 157 Å². The molecule has 0 fully saturated rings. The third-order valence-electron chi connectivity index (χ3n) is 4.21. The van der Waals surface area contributed by atoms with Crippen LogP contribution >= 0.6 is 11.8 Å². The monoisotopic (exact) mass is 367 g/mol. The average Bonchev–Trinajstić information content (AvgIpc) is 3.02. The largest absolute Gasteiger partial charge is 0.497 e. The van der Waals surface area contributed by atoms with Gasteiger partial charge in [-0.25, -0.2) is 0 Å². The SMILES string of the molecule is COc1ccc(-c2nnc(SCC(=O)c3cc(C)ccc3C)n2C)cc1. The number of carbonyl (C=O) groups excluding carboxylic acids is 1. The second kappa shape index (κ2) is 7.74. The molecule has 26 heavy (non-hydrogen) atoms. The first-order valence-corrected chi connectivity index (χ1v) is 9.25. The molecule has 0 amide bonds. The number of ketones is 1. The molecule has 3 rings (SSSR count). The van der Waals surface area contributed by atoms with Crippen molar-refractivity contribution >= 4 is 17.5 Å². The van der Waals surface area contributed by atoms with Crippen molar-refractivity contribution in [1.82, 2.24) is 14.8 Å². The molecular formula is C20H21N3O2S. The Kier molecular flexibility index (Phi) is 5.42. The van der Waals surface area contributed by atoms with Crippen molar-refractivity contribution in [2.75, 3.05) is 12.9 Å². The van der Waals surface area contributed by atoms with E-state index in [1.807, 2.05) is 67.9 Å². The van der Waals surface area contributed by atoms with E-state index in [0.29, 0.717) is 5.75 Å². The number of ether oxygens (including phenoxy) is 1. The van der Waals surface area contributed by atoms with Gasteiger partial charge in [0.2, 0.25) is 0 Å². The highest BCUT2D eigenvalue weighted by Gasteiger charge is 2.15. The number of benzene rings is 2. The van der Waals surface area contributed by atoms with Gasteiger partial charge in [0, 0.05) is 18.2 Å². The number of carbonyl (C=O) groups is 1. The first kappa shape index (κ1) is 18.2. The van der Waals surface area contributed by atoms with Crippen molar-refractivity contribution in [3.63, 3.8) is 0 Å². The van der Waals surface area contributed by atoms with Crippen LogP contribution in [0.4, 0.5) is 0 Å². The topological polar surface area (TPSA) is 57.0 Å². The van der Waals surface area contributed by atoms with Crippen LogP contribution in [0.3, 0.4) is 0 Å². The first-order chi connectivity index (χ1) is 12.5. The van der Waals surface area contributed by atoms with Gasteiger partial charge in [-0.1, -0.05) is 29.5 Å². The highest BCUT2D eigenvalue weighted by molar-refractivity contribution is 7.99. The fourth-order valence-corrected chi connectivity index (χ4v) is 3.47. The molecule has 0 N–H and O–H groups in total. The molecule has 3 aromatic rings. The molecule has 5 nitrogen and oxygen atoms in total. The van der Waals surface area contributed by atoms with Gasteiger partial charge in [0.1, 0.15) is 5.75 Å². The molecule has 0 atom stereocenters. The third kappa shape index (κ3) is 3.80. The van der Waals surface area contributed by atoms with Crippen molar-refractivity contribution in [3.05, 3.63) is 59.2 Å². The molecule has 0 aliphatic carbocycles. The summed E-state index contributed by atoms with van der Waals surface area (Å²) in [6, 6.07) is 13.6. The molecule has 0 saturated heterocycles. The summed E-state index contributed by atoms with van der Waals surface area (Å²) in [5.74, 6) is 1.99. The molecule has 0 aliphatic rings. The van der Waals surface area contributed by atoms with E-state index in [9.17, 15) is 4.79 Å². The van der Waals surface area contributed by atoms with Crippen molar-refractivity contribution < 1.29 is 9.53 Å². The minimum absolute atomic E-state index is 0.102. The molecule has 0 unspecified atom stereocenters. The van der Waals surface area contributed by atoms with Gasteiger partial charge in [-0.15, -0.1) is 10.2 Å². The molecule has 0 saturated carbocycles. The van der Waals surface area contributed by atoms with E-state index in [2.05, 4.69) is 10.2 Å². The van der Waals surface area contributed by atoms with Crippen LogP contribution in [0.1, 0.15) is 21.5 Å². The quantitative estimate of drug-likeness (QED) is 0.485. The van der Waals surface area contributed by atoms with E-state index in [-0.39, 0.29) is 5.78 Å². The average molecular weight is 367 g/mol. The molecule has 1 aromatic heterocycles. The summed E-state index contributed by atoms with van der Waals surface area (Å²) in [7, 11) is 3.54. The fraction of sp³-hybridized carbons (Fsp3) is 0.250. The highest BCUT2D eigenvalue weighted by Crippen LogP contribution is 2.25. The number of methoxy groups -OCH3 is 1. The predicted octanol–water partition coefficient (Wildman–Crippen LogP) is 4.08. The Balaban J connectivity index is 1.74. The second-order valence-electron chi connectivity index (χ2n) is 6.12. The molecule has 2 aromatic carbocycles. The number of Topliss-reactive ketones (excluding diaryl/α,β-unsaturated/α-hetero) is 1. The van der Waals surface area contributed by atoms with Gasteiger partial charge in [0.25, 0.3) is 0 Å². The zero-order valence-corrected chi connectivity index (χ0v) is 16.1. The van der Waals surface area contributed by atoms with E-state index < -0.39 is 0 Å². The number of nitrogens with zero attached hydrogens (tertiary/aromatic N) is 3. The number of hydrogen-bond acceptors (Lipinski definition) is 5. The maximum Gasteiger partial charge on any atom is 0.191 e. The van der Waals surface area contributed by atoms with E-state index in [0.717, 1.165) is 39.0 Å². The number of thioether (sulfide) groups is 1. The molecule has 0 spiro atoms. The molecule has 6 heteroatoms. The van der Waals surface area contributed by atoms with Crippen LogP contribution in [-0.2, 0) is 7.05 Å². The summed E-state index contributed by atoms with van der Waals surface area (Å²) < 4.78 is 7.09. The molecule has 134 valence electrons. The fourth-order valence-electron chi connectivity index (χ4n) is 2.68. The summed E-state index contributed by atoms with van der Waals surface area (Å²) in [5.41, 5.74) is 3.81. The van der Waals surface area contributed by atoms with E-state index in [1.54, 1.807) is 7.11 Å². The maximum atomic E-state index is 12.6. The number of hydrogen-bond donors (Lipinski definition) is 0. The first-order valence-electron chi connectivity index (χ1n) is 8.26. The summed E-state index contributed by atoms with van der Waals surface area (Å²) in [4.78, 5) is 12.6. The van der Waals surface area contributed by atoms with Crippen molar-refractivity contribution in [1.29, 1.82) is 0 Å². The van der Waals surface area contributed by atoms with Crippen LogP contribution in [0.2, 0.25) is 0 Å². The lowest BCUT2D eigenvalue weighted by Gasteiger charge is -2.07. The van der Waals surface area contributed by atoms with Crippen LogP contribution in [0.25, 0.3) is 11.4 Å². The number of aryl methyl sites for hydroxylation is 2. The minimum atomic E-state index is 0.102. The lowest BCUT2D eigenvalue weighted by Crippen LogP contribution is -2.06. The van der Waals surface area contributed by atoms with Gasteiger partial charge in [-0.05, 0) is 49.7 Å². The van der Waals surface area contributed by atoms with Gasteiger partial charge in [0.05, 0.1) is 12.9 Å². The van der Waals surface area contributed by atoms with Gasteiger partial charge in [-0.2, -0.15) is 0 Å². The molecule has 0 radical (unpaired) electrons. The molecule has 1 heterocycles. The number of rotatable bonds is 6. The molecule has 0 aliphatic heterocycles. The third-order valence-corrected chi connectivity index (χ3v) is 5.23.